The molecule has 0 unspecified atom stereocenters. The van der Waals surface area contributed by atoms with E-state index >= 15 is 0 Å². The van der Waals surface area contributed by atoms with Gasteiger partial charge in [-0.15, -0.1) is 11.3 Å². The minimum absolute atomic E-state index is 0.125. The summed E-state index contributed by atoms with van der Waals surface area (Å²) in [5.41, 5.74) is 0.0556. The number of carbonyl (C=O) groups excluding carboxylic acids is 1. The highest BCUT2D eigenvalue weighted by atomic mass is 35.5. The number of benzene rings is 1. The van der Waals surface area contributed by atoms with Crippen molar-refractivity contribution in [2.24, 2.45) is 7.05 Å². The van der Waals surface area contributed by atoms with Crippen LogP contribution < -0.4 is 20.3 Å². The zero-order chi connectivity index (χ0) is 25.0. The molecule has 3 N–H and O–H groups in total. The molecular weight excluding hydrogens is 506 g/mol. The Labute approximate surface area is 203 Å². The van der Waals surface area contributed by atoms with Crippen LogP contribution in [0.2, 0.25) is 4.34 Å². The number of aliphatic carboxylic acids is 1. The van der Waals surface area contributed by atoms with Gasteiger partial charge >= 0.3 is 5.97 Å². The second-order valence-corrected chi connectivity index (χ2v) is 10.4. The van der Waals surface area contributed by atoms with Crippen LogP contribution in [0.5, 0.6) is 5.75 Å². The van der Waals surface area contributed by atoms with Crippen molar-refractivity contribution in [3.8, 4) is 16.9 Å². The molecule has 180 valence electrons. The summed E-state index contributed by atoms with van der Waals surface area (Å²) in [5.74, 6) is -2.22. The number of halogens is 1. The van der Waals surface area contributed by atoms with E-state index in [1.165, 1.54) is 48.1 Å². The Kier molecular flexibility index (Phi) is 7.77. The average molecular weight is 526 g/mol. The summed E-state index contributed by atoms with van der Waals surface area (Å²) in [4.78, 5) is 36.4. The fourth-order valence-electron chi connectivity index (χ4n) is 3.10. The molecule has 0 fully saturated rings. The van der Waals surface area contributed by atoms with Crippen LogP contribution in [0.3, 0.4) is 0 Å². The first-order chi connectivity index (χ1) is 16.0. The van der Waals surface area contributed by atoms with Gasteiger partial charge in [0.15, 0.2) is 0 Å². The van der Waals surface area contributed by atoms with Gasteiger partial charge in [-0.05, 0) is 30.3 Å². The van der Waals surface area contributed by atoms with Gasteiger partial charge in [-0.25, -0.2) is 8.42 Å². The van der Waals surface area contributed by atoms with Crippen molar-refractivity contribution in [3.63, 3.8) is 0 Å². The standard InChI is InChI=1S/C21H20ClN3O7S2/c1-25-10-4-6-13(20(25)27)12-5-3-7-16(18(12)32-2)34(30,31)24-14(21(28)29)11-23-19(26)15-8-9-17(22)33-15/h3-10,14,24H,11H2,1-2H3,(H,23,26)(H,28,29)/t14-/m0/s1. The van der Waals surface area contributed by atoms with Gasteiger partial charge in [0.2, 0.25) is 10.0 Å². The van der Waals surface area contributed by atoms with Crippen molar-refractivity contribution in [2.75, 3.05) is 13.7 Å². The molecule has 1 amide bonds. The SMILES string of the molecule is COc1c(-c2cccn(C)c2=O)cccc1S(=O)(=O)N[C@@H](CNC(=O)c1ccc(Cl)s1)C(=O)O. The number of amides is 1. The fourth-order valence-corrected chi connectivity index (χ4v) is 5.44. The molecule has 0 bridgehead atoms. The molecule has 0 aliphatic carbocycles. The fraction of sp³-hybridized carbons (Fsp3) is 0.190. The topological polar surface area (TPSA) is 144 Å². The van der Waals surface area contributed by atoms with Gasteiger partial charge in [0.1, 0.15) is 16.7 Å². The lowest BCUT2D eigenvalue weighted by Crippen LogP contribution is -2.48. The van der Waals surface area contributed by atoms with Gasteiger partial charge in [-0.2, -0.15) is 4.72 Å². The highest BCUT2D eigenvalue weighted by molar-refractivity contribution is 7.89. The third-order valence-electron chi connectivity index (χ3n) is 4.75. The normalized spacial score (nSPS) is 12.2. The quantitative estimate of drug-likeness (QED) is 0.387. The maximum absolute atomic E-state index is 13.1. The molecule has 3 aromatic rings. The number of carboxylic acids is 1. The largest absolute Gasteiger partial charge is 0.495 e. The highest BCUT2D eigenvalue weighted by Gasteiger charge is 2.30. The summed E-state index contributed by atoms with van der Waals surface area (Å²) < 4.78 is 35.3. The van der Waals surface area contributed by atoms with Crippen LogP contribution >= 0.6 is 22.9 Å². The van der Waals surface area contributed by atoms with E-state index < -0.39 is 34.5 Å². The van der Waals surface area contributed by atoms with Crippen LogP contribution in [0.25, 0.3) is 11.1 Å². The van der Waals surface area contributed by atoms with Crippen LogP contribution in [0.15, 0.2) is 58.4 Å². The van der Waals surface area contributed by atoms with E-state index in [4.69, 9.17) is 16.3 Å². The minimum Gasteiger partial charge on any atom is -0.495 e. The zero-order valence-corrected chi connectivity index (χ0v) is 20.3. The Hall–Kier alpha value is -3.19. The Morgan fingerprint density at radius 1 is 1.18 bits per heavy atom. The second-order valence-electron chi connectivity index (χ2n) is 7.00. The summed E-state index contributed by atoms with van der Waals surface area (Å²) in [7, 11) is -1.65. The maximum atomic E-state index is 13.1. The number of carbonyl (C=O) groups is 2. The maximum Gasteiger partial charge on any atom is 0.323 e. The van der Waals surface area contributed by atoms with E-state index in [1.807, 2.05) is 0 Å². The van der Waals surface area contributed by atoms with E-state index in [-0.39, 0.29) is 32.2 Å². The van der Waals surface area contributed by atoms with Crippen LogP contribution in [0, 0.1) is 0 Å². The molecule has 0 aliphatic heterocycles. The molecule has 1 atom stereocenters. The van der Waals surface area contributed by atoms with Gasteiger partial charge in [0.25, 0.3) is 11.5 Å². The molecule has 2 aromatic heterocycles. The Balaban J connectivity index is 1.90. The molecule has 0 radical (unpaired) electrons. The van der Waals surface area contributed by atoms with E-state index in [1.54, 1.807) is 19.3 Å². The van der Waals surface area contributed by atoms with Gasteiger partial charge in [0.05, 0.1) is 21.9 Å². The number of methoxy groups -OCH3 is 1. The lowest BCUT2D eigenvalue weighted by Gasteiger charge is -2.18. The summed E-state index contributed by atoms with van der Waals surface area (Å²) >= 11 is 6.79. The van der Waals surface area contributed by atoms with Gasteiger partial charge in [-0.1, -0.05) is 23.7 Å². The molecule has 1 aromatic carbocycles. The number of nitrogens with one attached hydrogen (secondary N) is 2. The number of pyridine rings is 1. The molecule has 3 rings (SSSR count). The zero-order valence-electron chi connectivity index (χ0n) is 17.9. The number of hydrogen-bond donors (Lipinski definition) is 3. The lowest BCUT2D eigenvalue weighted by molar-refractivity contribution is -0.138. The first kappa shape index (κ1) is 25.4. The summed E-state index contributed by atoms with van der Waals surface area (Å²) in [6.45, 7) is -0.524. The number of para-hydroxylation sites is 1. The van der Waals surface area contributed by atoms with E-state index in [0.717, 1.165) is 11.3 Å². The molecular formula is C21H20ClN3O7S2. The van der Waals surface area contributed by atoms with E-state index in [9.17, 15) is 27.9 Å². The molecule has 0 aliphatic rings. The third-order valence-corrected chi connectivity index (χ3v) is 7.47. The predicted octanol–water partition coefficient (Wildman–Crippen LogP) is 1.94. The average Bonchev–Trinajstić information content (AvgIpc) is 3.24. The van der Waals surface area contributed by atoms with Gasteiger partial charge in [0, 0.05) is 25.4 Å². The van der Waals surface area contributed by atoms with Crippen LogP contribution in [0.1, 0.15) is 9.67 Å². The predicted molar refractivity (Wildman–Crippen MR) is 127 cm³/mol. The second kappa shape index (κ2) is 10.4. The van der Waals surface area contributed by atoms with Crippen molar-refractivity contribution in [1.82, 2.24) is 14.6 Å². The molecule has 0 spiro atoms. The Morgan fingerprint density at radius 2 is 1.88 bits per heavy atom. The van der Waals surface area contributed by atoms with E-state index in [0.29, 0.717) is 4.34 Å². The van der Waals surface area contributed by atoms with Gasteiger partial charge in [-0.3, -0.25) is 14.4 Å². The molecule has 13 heteroatoms. The van der Waals surface area contributed by atoms with Crippen molar-refractivity contribution >= 4 is 44.8 Å². The highest BCUT2D eigenvalue weighted by Crippen LogP contribution is 2.34. The monoisotopic (exact) mass is 525 g/mol. The molecule has 10 nitrogen and oxygen atoms in total. The van der Waals surface area contributed by atoms with Crippen LogP contribution in [-0.2, 0) is 21.9 Å². The first-order valence-corrected chi connectivity index (χ1v) is 12.3. The molecule has 34 heavy (non-hydrogen) atoms. The van der Waals surface area contributed by atoms with Crippen molar-refractivity contribution < 1.29 is 27.9 Å². The number of sulfonamides is 1. The summed E-state index contributed by atoms with van der Waals surface area (Å²) in [6, 6.07) is 8.61. The Bertz CT molecular complexity index is 1400. The first-order valence-electron chi connectivity index (χ1n) is 9.67. The van der Waals surface area contributed by atoms with Crippen LogP contribution in [0.4, 0.5) is 0 Å². The molecule has 0 saturated heterocycles. The minimum atomic E-state index is -4.44. The Morgan fingerprint density at radius 3 is 2.50 bits per heavy atom. The third kappa shape index (κ3) is 5.47. The van der Waals surface area contributed by atoms with Crippen molar-refractivity contribution in [2.45, 2.75) is 10.9 Å². The number of aromatic nitrogens is 1. The van der Waals surface area contributed by atoms with Gasteiger partial charge < -0.3 is 19.7 Å². The van der Waals surface area contributed by atoms with Crippen LogP contribution in [-0.4, -0.2) is 49.7 Å². The summed E-state index contributed by atoms with van der Waals surface area (Å²) in [6.07, 6.45) is 1.55. The van der Waals surface area contributed by atoms with Crippen molar-refractivity contribution in [1.29, 1.82) is 0 Å². The number of carboxylic acid groups (broad SMARTS) is 1. The number of aryl methyl sites for hydroxylation is 1. The number of rotatable bonds is 9. The number of ether oxygens (including phenoxy) is 1. The molecule has 2 heterocycles. The van der Waals surface area contributed by atoms with Crippen molar-refractivity contribution in [3.05, 3.63) is 68.2 Å². The molecule has 0 saturated carbocycles. The smallest absolute Gasteiger partial charge is 0.323 e. The number of nitrogens with zero attached hydrogens (tertiary/aromatic N) is 1. The van der Waals surface area contributed by atoms with E-state index in [2.05, 4.69) is 10.0 Å². The summed E-state index contributed by atoms with van der Waals surface area (Å²) in [5, 5.41) is 11.9. The number of thiophene rings is 1. The number of hydrogen-bond acceptors (Lipinski definition) is 7. The lowest BCUT2D eigenvalue weighted by atomic mass is 10.1.